The molecule has 0 bridgehead atoms. The van der Waals surface area contributed by atoms with Gasteiger partial charge in [0.05, 0.1) is 0 Å². The molecule has 17 heavy (non-hydrogen) atoms. The molecule has 0 aromatic carbocycles. The minimum Gasteiger partial charge on any atom is -0.0993 e. The summed E-state index contributed by atoms with van der Waals surface area (Å²) in [5, 5.41) is 3.58. The van der Waals surface area contributed by atoms with E-state index in [0.717, 1.165) is 4.91 Å². The van der Waals surface area contributed by atoms with Crippen LogP contribution in [0.25, 0.3) is 0 Å². The maximum Gasteiger partial charge on any atom is 0.00733 e. The summed E-state index contributed by atoms with van der Waals surface area (Å²) >= 11 is 3.12. The molecule has 0 spiro atoms. The van der Waals surface area contributed by atoms with Crippen molar-refractivity contribution < 1.29 is 0 Å². The van der Waals surface area contributed by atoms with Crippen LogP contribution in [0.5, 0.6) is 0 Å². The van der Waals surface area contributed by atoms with Crippen molar-refractivity contribution >= 4 is 23.5 Å². The van der Waals surface area contributed by atoms with Crippen LogP contribution >= 0.6 is 23.5 Å². The van der Waals surface area contributed by atoms with E-state index in [2.05, 4.69) is 19.7 Å². The summed E-state index contributed by atoms with van der Waals surface area (Å²) in [7, 11) is 0. The molecule has 0 heterocycles. The molecule has 0 nitrogen and oxygen atoms in total. The van der Waals surface area contributed by atoms with E-state index in [-0.39, 0.29) is 0 Å². The van der Waals surface area contributed by atoms with Crippen LogP contribution in [0.4, 0.5) is 0 Å². The van der Waals surface area contributed by atoms with Gasteiger partial charge in [0.1, 0.15) is 0 Å². The first-order chi connectivity index (χ1) is 8.24. The molecular weight excluding hydrogens is 244 g/mol. The summed E-state index contributed by atoms with van der Waals surface area (Å²) in [4.78, 5) is 2.15. The van der Waals surface area contributed by atoms with Crippen molar-refractivity contribution in [3.63, 3.8) is 0 Å². The van der Waals surface area contributed by atoms with Gasteiger partial charge in [-0.2, -0.15) is 0 Å². The second-order valence-electron chi connectivity index (χ2n) is 2.06. The lowest BCUT2D eigenvalue weighted by atomic mass is 10.4. The van der Waals surface area contributed by atoms with Gasteiger partial charge in [0.15, 0.2) is 0 Å². The summed E-state index contributed by atoms with van der Waals surface area (Å²) in [6.07, 6.45) is 6.03. The standard InChI is InChI=1S/C11H14S2.2C2H6/c1-5-11(13-7-3)9-8-10(4)12-6-2;2*1-2/h5-9H,2-4H2,1H3;2*1-2H3/b9-8+,11-5-;;. The van der Waals surface area contributed by atoms with Crippen LogP contribution < -0.4 is 0 Å². The molecule has 0 radical (unpaired) electrons. The molecule has 0 rings (SSSR count). The molecule has 0 aliphatic carbocycles. The Labute approximate surface area is 117 Å². The minimum atomic E-state index is 0.985. The predicted octanol–water partition coefficient (Wildman–Crippen LogP) is 6.77. The molecule has 0 fully saturated rings. The van der Waals surface area contributed by atoms with E-state index in [1.165, 1.54) is 16.7 Å². The molecular formula is C15H26S2. The number of hydrogen-bond acceptors (Lipinski definition) is 2. The highest BCUT2D eigenvalue weighted by atomic mass is 32.2. The van der Waals surface area contributed by atoms with Gasteiger partial charge >= 0.3 is 0 Å². The first kappa shape index (κ1) is 21.7. The summed E-state index contributed by atoms with van der Waals surface area (Å²) < 4.78 is 0. The zero-order valence-corrected chi connectivity index (χ0v) is 13.5. The van der Waals surface area contributed by atoms with Crippen LogP contribution in [-0.4, -0.2) is 0 Å². The van der Waals surface area contributed by atoms with Crippen LogP contribution in [-0.2, 0) is 0 Å². The van der Waals surface area contributed by atoms with Gasteiger partial charge in [0, 0.05) is 9.81 Å². The highest BCUT2D eigenvalue weighted by Crippen LogP contribution is 2.21. The fourth-order valence-electron chi connectivity index (χ4n) is 0.621. The largest absolute Gasteiger partial charge is 0.0993 e. The Morgan fingerprint density at radius 3 is 1.71 bits per heavy atom. The first-order valence-corrected chi connectivity index (χ1v) is 7.59. The summed E-state index contributed by atoms with van der Waals surface area (Å²) in [6, 6.07) is 0. The van der Waals surface area contributed by atoms with E-state index < -0.39 is 0 Å². The number of rotatable bonds is 6. The van der Waals surface area contributed by atoms with Gasteiger partial charge in [-0.3, -0.25) is 0 Å². The van der Waals surface area contributed by atoms with Gasteiger partial charge in [0.25, 0.3) is 0 Å². The number of thioether (sulfide) groups is 2. The third-order valence-corrected chi connectivity index (χ3v) is 2.59. The van der Waals surface area contributed by atoms with Crippen molar-refractivity contribution in [1.29, 1.82) is 0 Å². The fraction of sp³-hybridized carbons (Fsp3) is 0.333. The van der Waals surface area contributed by atoms with Crippen molar-refractivity contribution in [2.75, 3.05) is 0 Å². The maximum absolute atomic E-state index is 3.85. The lowest BCUT2D eigenvalue weighted by molar-refractivity contribution is 1.50. The molecule has 98 valence electrons. The molecule has 0 aromatic heterocycles. The SMILES string of the molecule is C=CSC(=C)/C=C/C(=C/C)SC=C.CC.CC. The Kier molecular flexibility index (Phi) is 26.5. The zero-order chi connectivity index (χ0) is 14.1. The predicted molar refractivity (Wildman–Crippen MR) is 90.3 cm³/mol. The number of hydrogen-bond donors (Lipinski definition) is 0. The van der Waals surface area contributed by atoms with Crippen molar-refractivity contribution in [1.82, 2.24) is 0 Å². The fourth-order valence-corrected chi connectivity index (χ4v) is 1.46. The average Bonchev–Trinajstić information content (AvgIpc) is 2.39. The number of allylic oxidation sites excluding steroid dienone is 3. The topological polar surface area (TPSA) is 0 Å². The Morgan fingerprint density at radius 1 is 0.882 bits per heavy atom. The van der Waals surface area contributed by atoms with Crippen LogP contribution in [0.3, 0.4) is 0 Å². The molecule has 0 N–H and O–H groups in total. The summed E-state index contributed by atoms with van der Waals surface area (Å²) in [5.74, 6) is 0. The highest BCUT2D eigenvalue weighted by molar-refractivity contribution is 8.06. The Bertz CT molecular complexity index is 248. The van der Waals surface area contributed by atoms with Gasteiger partial charge in [-0.05, 0) is 29.9 Å². The lowest BCUT2D eigenvalue weighted by Gasteiger charge is -1.95. The van der Waals surface area contributed by atoms with E-state index in [9.17, 15) is 0 Å². The van der Waals surface area contributed by atoms with Gasteiger partial charge < -0.3 is 0 Å². The zero-order valence-electron chi connectivity index (χ0n) is 11.8. The first-order valence-electron chi connectivity index (χ1n) is 5.83. The molecule has 0 aromatic rings. The van der Waals surface area contributed by atoms with Crippen molar-refractivity contribution in [3.8, 4) is 0 Å². The third kappa shape index (κ3) is 18.0. The van der Waals surface area contributed by atoms with Crippen LogP contribution in [0.1, 0.15) is 34.6 Å². The summed E-state index contributed by atoms with van der Waals surface area (Å²) in [5.41, 5.74) is 0. The lowest BCUT2D eigenvalue weighted by Crippen LogP contribution is -1.67. The Hall–Kier alpha value is -0.600. The van der Waals surface area contributed by atoms with E-state index >= 15 is 0 Å². The molecule has 0 atom stereocenters. The quantitative estimate of drug-likeness (QED) is 0.489. The van der Waals surface area contributed by atoms with Gasteiger partial charge in [0.2, 0.25) is 0 Å². The normalized spacial score (nSPS) is 9.59. The van der Waals surface area contributed by atoms with Crippen molar-refractivity contribution in [3.05, 3.63) is 58.6 Å². The smallest absolute Gasteiger partial charge is 0.00733 e. The van der Waals surface area contributed by atoms with Crippen molar-refractivity contribution in [2.45, 2.75) is 34.6 Å². The monoisotopic (exact) mass is 270 g/mol. The third-order valence-electron chi connectivity index (χ3n) is 1.17. The molecule has 0 saturated carbocycles. The van der Waals surface area contributed by atoms with E-state index in [1.807, 2.05) is 58.3 Å². The molecule has 0 saturated heterocycles. The van der Waals surface area contributed by atoms with Crippen LogP contribution in [0.2, 0.25) is 0 Å². The second kappa shape index (κ2) is 20.8. The second-order valence-corrected chi connectivity index (χ2v) is 4.19. The molecule has 0 amide bonds. The highest BCUT2D eigenvalue weighted by Gasteiger charge is 1.88. The Morgan fingerprint density at radius 2 is 1.35 bits per heavy atom. The van der Waals surface area contributed by atoms with Crippen molar-refractivity contribution in [2.24, 2.45) is 0 Å². The van der Waals surface area contributed by atoms with E-state index in [1.54, 1.807) is 17.2 Å². The van der Waals surface area contributed by atoms with Crippen LogP contribution in [0.15, 0.2) is 58.6 Å². The molecule has 0 unspecified atom stereocenters. The van der Waals surface area contributed by atoms with Gasteiger partial charge in [-0.25, -0.2) is 0 Å². The Balaban J connectivity index is -0.000000439. The maximum atomic E-state index is 3.85. The summed E-state index contributed by atoms with van der Waals surface area (Å²) in [6.45, 7) is 21.1. The molecule has 0 aliphatic rings. The molecule has 0 aliphatic heterocycles. The molecule has 2 heteroatoms. The van der Waals surface area contributed by atoms with E-state index in [4.69, 9.17) is 0 Å². The minimum absolute atomic E-state index is 0.985. The average molecular weight is 271 g/mol. The van der Waals surface area contributed by atoms with E-state index in [0.29, 0.717) is 0 Å². The van der Waals surface area contributed by atoms with Gasteiger partial charge in [-0.15, -0.1) is 0 Å². The van der Waals surface area contributed by atoms with Gasteiger partial charge in [-0.1, -0.05) is 77.0 Å². The van der Waals surface area contributed by atoms with Crippen LogP contribution in [0, 0.1) is 0 Å².